The highest BCUT2D eigenvalue weighted by molar-refractivity contribution is 7.89. The third-order valence-electron chi connectivity index (χ3n) is 4.21. The first-order valence-corrected chi connectivity index (χ1v) is 9.39. The van der Waals surface area contributed by atoms with Gasteiger partial charge in [0.1, 0.15) is 4.90 Å². The molecule has 21 heavy (non-hydrogen) atoms. The third kappa shape index (κ3) is 3.03. The molecule has 0 saturated heterocycles. The molecule has 5 nitrogen and oxygen atoms in total. The zero-order valence-corrected chi connectivity index (χ0v) is 13.7. The maximum absolute atomic E-state index is 12.9. The summed E-state index contributed by atoms with van der Waals surface area (Å²) in [6.07, 6.45) is 7.05. The molecule has 2 aliphatic carbocycles. The summed E-state index contributed by atoms with van der Waals surface area (Å²) < 4.78 is 29.7. The van der Waals surface area contributed by atoms with Gasteiger partial charge in [-0.25, -0.2) is 8.42 Å². The fourth-order valence-electron chi connectivity index (χ4n) is 2.87. The Labute approximate surface area is 127 Å². The Hall–Kier alpha value is -0.850. The normalized spacial score (nSPS) is 19.4. The SMILES string of the molecule is CCCN(C1CC1)S(=O)(=O)c1cc(CNC)n(C2CC2)c1. The first kappa shape index (κ1) is 15.1. The smallest absolute Gasteiger partial charge is 0.244 e. The minimum Gasteiger partial charge on any atom is -0.346 e. The molecule has 2 aliphatic rings. The van der Waals surface area contributed by atoms with Crippen molar-refractivity contribution in [2.45, 2.75) is 62.6 Å². The van der Waals surface area contributed by atoms with Crippen LogP contribution in [0.2, 0.25) is 0 Å². The van der Waals surface area contributed by atoms with Crippen LogP contribution < -0.4 is 5.32 Å². The van der Waals surface area contributed by atoms with Gasteiger partial charge in [-0.15, -0.1) is 0 Å². The largest absolute Gasteiger partial charge is 0.346 e. The van der Waals surface area contributed by atoms with Crippen LogP contribution in [0, 0.1) is 0 Å². The lowest BCUT2D eigenvalue weighted by Gasteiger charge is -2.20. The Bertz CT molecular complexity index is 600. The monoisotopic (exact) mass is 311 g/mol. The van der Waals surface area contributed by atoms with Crippen LogP contribution in [0.4, 0.5) is 0 Å². The Kier molecular flexibility index (Phi) is 4.12. The number of aromatic nitrogens is 1. The summed E-state index contributed by atoms with van der Waals surface area (Å²) in [4.78, 5) is 0.472. The summed E-state index contributed by atoms with van der Waals surface area (Å²) in [6.45, 7) is 3.37. The van der Waals surface area contributed by atoms with Gasteiger partial charge >= 0.3 is 0 Å². The van der Waals surface area contributed by atoms with E-state index in [0.29, 0.717) is 24.0 Å². The van der Waals surface area contributed by atoms with Gasteiger partial charge in [-0.05, 0) is 45.2 Å². The molecule has 0 radical (unpaired) electrons. The molecule has 0 spiro atoms. The van der Waals surface area contributed by atoms with Crippen molar-refractivity contribution >= 4 is 10.0 Å². The minimum atomic E-state index is -3.34. The summed E-state index contributed by atoms with van der Waals surface area (Å²) in [5, 5.41) is 3.13. The minimum absolute atomic E-state index is 0.229. The van der Waals surface area contributed by atoms with Crippen molar-refractivity contribution < 1.29 is 8.42 Å². The van der Waals surface area contributed by atoms with E-state index in [2.05, 4.69) is 9.88 Å². The molecule has 1 aromatic heterocycles. The molecular formula is C15H25N3O2S. The van der Waals surface area contributed by atoms with Gasteiger partial charge in [0.05, 0.1) is 0 Å². The predicted octanol–water partition coefficient (Wildman–Crippen LogP) is 2.11. The lowest BCUT2D eigenvalue weighted by atomic mass is 10.4. The number of hydrogen-bond acceptors (Lipinski definition) is 3. The van der Waals surface area contributed by atoms with Crippen LogP contribution in [0.25, 0.3) is 0 Å². The Morgan fingerprint density at radius 3 is 2.57 bits per heavy atom. The molecule has 118 valence electrons. The third-order valence-corrected chi connectivity index (χ3v) is 6.13. The van der Waals surface area contributed by atoms with E-state index in [1.165, 1.54) is 0 Å². The van der Waals surface area contributed by atoms with E-state index in [9.17, 15) is 8.42 Å². The fourth-order valence-corrected chi connectivity index (χ4v) is 4.70. The van der Waals surface area contributed by atoms with E-state index in [1.54, 1.807) is 4.31 Å². The molecule has 1 heterocycles. The molecule has 6 heteroatoms. The molecule has 0 unspecified atom stereocenters. The van der Waals surface area contributed by atoms with Crippen LogP contribution >= 0.6 is 0 Å². The Balaban J connectivity index is 1.92. The van der Waals surface area contributed by atoms with Gasteiger partial charge in [-0.2, -0.15) is 4.31 Å². The number of hydrogen-bond donors (Lipinski definition) is 1. The number of nitrogens with zero attached hydrogens (tertiary/aromatic N) is 2. The molecule has 1 aromatic rings. The summed E-state index contributed by atoms with van der Waals surface area (Å²) >= 11 is 0. The average Bonchev–Trinajstić information content (AvgIpc) is 3.35. The van der Waals surface area contributed by atoms with Crippen LogP contribution in [0.5, 0.6) is 0 Å². The van der Waals surface area contributed by atoms with Gasteiger partial charge < -0.3 is 9.88 Å². The number of sulfonamides is 1. The molecule has 3 rings (SSSR count). The molecule has 2 fully saturated rings. The van der Waals surface area contributed by atoms with E-state index in [4.69, 9.17) is 0 Å². The molecule has 0 aliphatic heterocycles. The van der Waals surface area contributed by atoms with Crippen LogP contribution in [0.3, 0.4) is 0 Å². The second kappa shape index (κ2) is 5.74. The molecule has 0 aromatic carbocycles. The van der Waals surface area contributed by atoms with E-state index in [0.717, 1.165) is 37.8 Å². The van der Waals surface area contributed by atoms with Gasteiger partial charge in [0.2, 0.25) is 10.0 Å². The van der Waals surface area contributed by atoms with Gasteiger partial charge in [-0.3, -0.25) is 0 Å². The molecule has 2 saturated carbocycles. The topological polar surface area (TPSA) is 54.3 Å². The van der Waals surface area contributed by atoms with E-state index in [-0.39, 0.29) is 6.04 Å². The molecule has 0 bridgehead atoms. The zero-order chi connectivity index (χ0) is 15.0. The van der Waals surface area contributed by atoms with Crippen LogP contribution in [-0.4, -0.2) is 36.9 Å². The van der Waals surface area contributed by atoms with Crippen molar-refractivity contribution in [1.82, 2.24) is 14.2 Å². The van der Waals surface area contributed by atoms with Crippen molar-refractivity contribution in [1.29, 1.82) is 0 Å². The standard InChI is InChI=1S/C15H25N3O2S/c1-3-8-18(13-6-7-13)21(19,20)15-9-14(10-16-2)17(11-15)12-4-5-12/h9,11-13,16H,3-8,10H2,1-2H3. The molecule has 0 atom stereocenters. The van der Waals surface area contributed by atoms with Gasteiger partial charge in [0.15, 0.2) is 0 Å². The highest BCUT2D eigenvalue weighted by atomic mass is 32.2. The maximum Gasteiger partial charge on any atom is 0.244 e. The van der Waals surface area contributed by atoms with Crippen molar-refractivity contribution in [3.63, 3.8) is 0 Å². The average molecular weight is 311 g/mol. The number of nitrogens with one attached hydrogen (secondary N) is 1. The van der Waals surface area contributed by atoms with Crippen LogP contribution in [0.1, 0.15) is 50.8 Å². The lowest BCUT2D eigenvalue weighted by Crippen LogP contribution is -2.33. The summed E-state index contributed by atoms with van der Waals surface area (Å²) in [7, 11) is -1.45. The van der Waals surface area contributed by atoms with Crippen molar-refractivity contribution in [3.8, 4) is 0 Å². The van der Waals surface area contributed by atoms with E-state index < -0.39 is 10.0 Å². The van der Waals surface area contributed by atoms with E-state index >= 15 is 0 Å². The van der Waals surface area contributed by atoms with Crippen molar-refractivity contribution in [2.75, 3.05) is 13.6 Å². The number of rotatable bonds is 8. The quantitative estimate of drug-likeness (QED) is 0.800. The summed E-state index contributed by atoms with van der Waals surface area (Å²) in [6, 6.07) is 2.58. The lowest BCUT2D eigenvalue weighted by molar-refractivity contribution is 0.403. The van der Waals surface area contributed by atoms with Gasteiger partial charge in [0, 0.05) is 37.1 Å². The molecule has 1 N–H and O–H groups in total. The summed E-state index contributed by atoms with van der Waals surface area (Å²) in [5.41, 5.74) is 1.07. The first-order valence-electron chi connectivity index (χ1n) is 7.95. The van der Waals surface area contributed by atoms with Gasteiger partial charge in [0.25, 0.3) is 0 Å². The first-order chi connectivity index (χ1) is 10.1. The molecular weight excluding hydrogens is 286 g/mol. The Morgan fingerprint density at radius 2 is 2.05 bits per heavy atom. The zero-order valence-electron chi connectivity index (χ0n) is 12.9. The van der Waals surface area contributed by atoms with Gasteiger partial charge in [-0.1, -0.05) is 6.92 Å². The van der Waals surface area contributed by atoms with Crippen molar-refractivity contribution in [2.24, 2.45) is 0 Å². The van der Waals surface area contributed by atoms with E-state index in [1.807, 2.05) is 26.2 Å². The molecule has 0 amide bonds. The van der Waals surface area contributed by atoms with Crippen LogP contribution in [0.15, 0.2) is 17.2 Å². The van der Waals surface area contributed by atoms with Crippen molar-refractivity contribution in [3.05, 3.63) is 18.0 Å². The Morgan fingerprint density at radius 1 is 1.33 bits per heavy atom. The highest BCUT2D eigenvalue weighted by Gasteiger charge is 2.38. The fraction of sp³-hybridized carbons (Fsp3) is 0.733. The highest BCUT2D eigenvalue weighted by Crippen LogP contribution is 2.38. The second-order valence-corrected chi connectivity index (χ2v) is 8.07. The van der Waals surface area contributed by atoms with Crippen LogP contribution in [-0.2, 0) is 16.6 Å². The summed E-state index contributed by atoms with van der Waals surface area (Å²) in [5.74, 6) is 0. The second-order valence-electron chi connectivity index (χ2n) is 6.18. The predicted molar refractivity (Wildman–Crippen MR) is 82.7 cm³/mol. The maximum atomic E-state index is 12.9.